The second-order valence-electron chi connectivity index (χ2n) is 6.39. The van der Waals surface area contributed by atoms with E-state index in [4.69, 9.17) is 9.47 Å². The lowest BCUT2D eigenvalue weighted by atomic mass is 10.2. The standard InChI is InChI=1S/C19H24N2O4S/c1-12(2)11-25-18(23)17-14(4)20-19(26-17)21-16(22)9-10-24-15-7-5-13(3)6-8-15/h5-8,12H,9-11H2,1-4H3,(H,20,21,22). The van der Waals surface area contributed by atoms with E-state index in [-0.39, 0.29) is 24.9 Å². The van der Waals surface area contributed by atoms with Crippen LogP contribution in [0.1, 0.15) is 41.2 Å². The zero-order valence-corrected chi connectivity index (χ0v) is 16.3. The van der Waals surface area contributed by atoms with E-state index >= 15 is 0 Å². The molecule has 26 heavy (non-hydrogen) atoms. The summed E-state index contributed by atoms with van der Waals surface area (Å²) in [6, 6.07) is 7.64. The van der Waals surface area contributed by atoms with Gasteiger partial charge in [0.1, 0.15) is 10.6 Å². The molecule has 0 saturated carbocycles. The van der Waals surface area contributed by atoms with Crippen molar-refractivity contribution in [2.24, 2.45) is 5.92 Å². The van der Waals surface area contributed by atoms with Gasteiger partial charge in [0.05, 0.1) is 25.3 Å². The minimum absolute atomic E-state index is 0.194. The fourth-order valence-electron chi connectivity index (χ4n) is 2.03. The summed E-state index contributed by atoms with van der Waals surface area (Å²) in [5.74, 6) is 0.369. The number of hydrogen-bond acceptors (Lipinski definition) is 6. The number of nitrogens with one attached hydrogen (secondary N) is 1. The third-order valence-corrected chi connectivity index (χ3v) is 4.45. The van der Waals surface area contributed by atoms with Crippen molar-refractivity contribution >= 4 is 28.3 Å². The molecule has 0 bridgehead atoms. The molecule has 1 aromatic heterocycles. The van der Waals surface area contributed by atoms with Crippen molar-refractivity contribution in [1.29, 1.82) is 0 Å². The summed E-state index contributed by atoms with van der Waals surface area (Å²) in [5.41, 5.74) is 1.70. The van der Waals surface area contributed by atoms with Crippen LogP contribution >= 0.6 is 11.3 Å². The summed E-state index contributed by atoms with van der Waals surface area (Å²) in [7, 11) is 0. The van der Waals surface area contributed by atoms with E-state index in [0.717, 1.165) is 22.6 Å². The first-order valence-electron chi connectivity index (χ1n) is 8.49. The van der Waals surface area contributed by atoms with Gasteiger partial charge in [-0.15, -0.1) is 0 Å². The molecule has 1 N–H and O–H groups in total. The third kappa shape index (κ3) is 6.15. The predicted molar refractivity (Wildman–Crippen MR) is 102 cm³/mol. The molecule has 0 aliphatic rings. The van der Waals surface area contributed by atoms with Crippen LogP contribution in [-0.4, -0.2) is 30.1 Å². The first-order valence-corrected chi connectivity index (χ1v) is 9.30. The number of esters is 1. The molecule has 2 rings (SSSR count). The van der Waals surface area contributed by atoms with Gasteiger partial charge in [0, 0.05) is 0 Å². The molecule has 0 unspecified atom stereocenters. The average Bonchev–Trinajstić information content (AvgIpc) is 2.94. The molecule has 0 spiro atoms. The molecule has 0 fully saturated rings. The number of benzene rings is 1. The summed E-state index contributed by atoms with van der Waals surface area (Å²) in [4.78, 5) is 28.7. The minimum Gasteiger partial charge on any atom is -0.493 e. The van der Waals surface area contributed by atoms with E-state index < -0.39 is 5.97 Å². The SMILES string of the molecule is Cc1ccc(OCCC(=O)Nc2nc(C)c(C(=O)OCC(C)C)s2)cc1. The molecular weight excluding hydrogens is 352 g/mol. The van der Waals surface area contributed by atoms with Gasteiger partial charge >= 0.3 is 5.97 Å². The Balaban J connectivity index is 1.82. The number of rotatable bonds is 8. The monoisotopic (exact) mass is 376 g/mol. The lowest BCUT2D eigenvalue weighted by molar-refractivity contribution is -0.116. The van der Waals surface area contributed by atoms with Crippen LogP contribution in [0.2, 0.25) is 0 Å². The van der Waals surface area contributed by atoms with Gasteiger partial charge in [-0.3, -0.25) is 4.79 Å². The summed E-state index contributed by atoms with van der Waals surface area (Å²) in [6.07, 6.45) is 0.194. The van der Waals surface area contributed by atoms with E-state index in [0.29, 0.717) is 22.3 Å². The molecule has 2 aromatic rings. The van der Waals surface area contributed by atoms with Crippen LogP contribution in [0.3, 0.4) is 0 Å². The van der Waals surface area contributed by atoms with Crippen molar-refractivity contribution in [3.63, 3.8) is 0 Å². The van der Waals surface area contributed by atoms with E-state index in [2.05, 4.69) is 10.3 Å². The van der Waals surface area contributed by atoms with Crippen LogP contribution in [-0.2, 0) is 9.53 Å². The second-order valence-corrected chi connectivity index (χ2v) is 7.38. The van der Waals surface area contributed by atoms with Crippen molar-refractivity contribution < 1.29 is 19.1 Å². The second kappa shape index (κ2) is 9.33. The van der Waals surface area contributed by atoms with Gasteiger partial charge in [0.2, 0.25) is 5.91 Å². The Labute approximate surface area is 157 Å². The molecule has 7 heteroatoms. The van der Waals surface area contributed by atoms with Crippen LogP contribution in [0.5, 0.6) is 5.75 Å². The summed E-state index contributed by atoms with van der Waals surface area (Å²) in [6.45, 7) is 8.28. The van der Waals surface area contributed by atoms with E-state index in [1.54, 1.807) is 6.92 Å². The van der Waals surface area contributed by atoms with Gasteiger partial charge in [-0.2, -0.15) is 0 Å². The largest absolute Gasteiger partial charge is 0.493 e. The molecule has 0 aliphatic heterocycles. The number of anilines is 1. The summed E-state index contributed by atoms with van der Waals surface area (Å²) >= 11 is 1.12. The highest BCUT2D eigenvalue weighted by Gasteiger charge is 2.18. The zero-order valence-electron chi connectivity index (χ0n) is 15.5. The third-order valence-electron chi connectivity index (χ3n) is 3.39. The number of carbonyl (C=O) groups excluding carboxylic acids is 2. The van der Waals surface area contributed by atoms with Crippen molar-refractivity contribution in [2.45, 2.75) is 34.1 Å². The van der Waals surface area contributed by atoms with Crippen LogP contribution < -0.4 is 10.1 Å². The maximum absolute atomic E-state index is 12.0. The van der Waals surface area contributed by atoms with E-state index in [9.17, 15) is 9.59 Å². The van der Waals surface area contributed by atoms with Crippen LogP contribution in [0.25, 0.3) is 0 Å². The Morgan fingerprint density at radius 3 is 2.54 bits per heavy atom. The molecule has 0 saturated heterocycles. The number of ether oxygens (including phenoxy) is 2. The lowest BCUT2D eigenvalue weighted by Gasteiger charge is -2.06. The Bertz CT molecular complexity index is 753. The molecule has 0 aliphatic carbocycles. The Morgan fingerprint density at radius 2 is 1.88 bits per heavy atom. The Hall–Kier alpha value is -2.41. The highest BCUT2D eigenvalue weighted by atomic mass is 32.1. The Morgan fingerprint density at radius 1 is 1.19 bits per heavy atom. The normalized spacial score (nSPS) is 10.7. The smallest absolute Gasteiger partial charge is 0.350 e. The van der Waals surface area contributed by atoms with Gasteiger partial charge in [-0.25, -0.2) is 9.78 Å². The van der Waals surface area contributed by atoms with Gasteiger partial charge in [0.15, 0.2) is 5.13 Å². The van der Waals surface area contributed by atoms with Crippen molar-refractivity contribution in [3.8, 4) is 5.75 Å². The minimum atomic E-state index is -0.406. The molecule has 0 radical (unpaired) electrons. The zero-order chi connectivity index (χ0) is 19.1. The maximum atomic E-state index is 12.0. The van der Waals surface area contributed by atoms with Gasteiger partial charge in [-0.05, 0) is 31.9 Å². The van der Waals surface area contributed by atoms with Crippen molar-refractivity contribution in [1.82, 2.24) is 4.98 Å². The van der Waals surface area contributed by atoms with Crippen LogP contribution in [0.15, 0.2) is 24.3 Å². The van der Waals surface area contributed by atoms with E-state index in [1.165, 1.54) is 0 Å². The highest BCUT2D eigenvalue weighted by Crippen LogP contribution is 2.23. The first-order chi connectivity index (χ1) is 12.3. The molecule has 1 heterocycles. The van der Waals surface area contributed by atoms with Gasteiger partial charge in [0.25, 0.3) is 0 Å². The fourth-order valence-corrected chi connectivity index (χ4v) is 2.90. The summed E-state index contributed by atoms with van der Waals surface area (Å²) in [5, 5.41) is 3.09. The molecule has 6 nitrogen and oxygen atoms in total. The Kier molecular flexibility index (Phi) is 7.15. The first kappa shape index (κ1) is 19.9. The maximum Gasteiger partial charge on any atom is 0.350 e. The number of hydrogen-bond donors (Lipinski definition) is 1. The van der Waals surface area contributed by atoms with Crippen LogP contribution in [0.4, 0.5) is 5.13 Å². The molecular formula is C19H24N2O4S. The predicted octanol–water partition coefficient (Wildman–Crippen LogP) is 3.98. The quantitative estimate of drug-likeness (QED) is 0.705. The number of nitrogens with zero attached hydrogens (tertiary/aromatic N) is 1. The number of carbonyl (C=O) groups is 2. The van der Waals surface area contributed by atoms with Crippen molar-refractivity contribution in [3.05, 3.63) is 40.4 Å². The van der Waals surface area contributed by atoms with Crippen molar-refractivity contribution in [2.75, 3.05) is 18.5 Å². The lowest BCUT2D eigenvalue weighted by Crippen LogP contribution is -2.15. The number of aryl methyl sites for hydroxylation is 2. The van der Waals surface area contributed by atoms with Gasteiger partial charge < -0.3 is 14.8 Å². The average molecular weight is 376 g/mol. The highest BCUT2D eigenvalue weighted by molar-refractivity contribution is 7.17. The van der Waals surface area contributed by atoms with E-state index in [1.807, 2.05) is 45.0 Å². The molecule has 140 valence electrons. The number of thiazole rings is 1. The number of amides is 1. The molecule has 1 amide bonds. The summed E-state index contributed by atoms with van der Waals surface area (Å²) < 4.78 is 10.7. The molecule has 1 aromatic carbocycles. The number of aromatic nitrogens is 1. The van der Waals surface area contributed by atoms with Crippen LogP contribution in [0, 0.1) is 19.8 Å². The van der Waals surface area contributed by atoms with Gasteiger partial charge in [-0.1, -0.05) is 42.9 Å². The topological polar surface area (TPSA) is 77.5 Å². The fraction of sp³-hybridized carbons (Fsp3) is 0.421. The molecule has 0 atom stereocenters.